The van der Waals surface area contributed by atoms with Crippen molar-refractivity contribution in [1.29, 1.82) is 0 Å². The predicted molar refractivity (Wildman–Crippen MR) is 75.8 cm³/mol. The lowest BCUT2D eigenvalue weighted by atomic mass is 9.99. The number of nitrogens with one attached hydrogen (secondary N) is 1. The quantitative estimate of drug-likeness (QED) is 0.900. The first-order valence-corrected chi connectivity index (χ1v) is 6.96. The minimum Gasteiger partial charge on any atom is -0.345 e. The summed E-state index contributed by atoms with van der Waals surface area (Å²) < 4.78 is 0. The first kappa shape index (κ1) is 14.5. The maximum Gasteiger partial charge on any atom is 0.243 e. The minimum atomic E-state index is -0.391. The zero-order chi connectivity index (χ0) is 14.7. The number of piperazine rings is 1. The highest BCUT2D eigenvalue weighted by Crippen LogP contribution is 2.18. The largest absolute Gasteiger partial charge is 0.345 e. The van der Waals surface area contributed by atoms with E-state index in [0.717, 1.165) is 11.3 Å². The second kappa shape index (κ2) is 6.03. The van der Waals surface area contributed by atoms with Crippen LogP contribution in [0, 0.1) is 12.8 Å². The lowest BCUT2D eigenvalue weighted by Crippen LogP contribution is -2.58. The summed E-state index contributed by atoms with van der Waals surface area (Å²) in [6, 6.07) is 3.45. The van der Waals surface area contributed by atoms with E-state index in [2.05, 4.69) is 24.1 Å². The van der Waals surface area contributed by atoms with Crippen LogP contribution >= 0.6 is 0 Å². The third-order valence-corrected chi connectivity index (χ3v) is 3.55. The number of amides is 2. The Balaban J connectivity index is 2.22. The van der Waals surface area contributed by atoms with E-state index in [9.17, 15) is 9.59 Å². The molecule has 108 valence electrons. The molecule has 0 radical (unpaired) electrons. The lowest BCUT2D eigenvalue weighted by Gasteiger charge is -2.35. The van der Waals surface area contributed by atoms with E-state index in [0.29, 0.717) is 18.9 Å². The molecule has 5 heteroatoms. The molecule has 0 saturated carbocycles. The maximum absolute atomic E-state index is 12.1. The molecular weight excluding hydrogens is 254 g/mol. The van der Waals surface area contributed by atoms with E-state index in [1.54, 1.807) is 11.1 Å². The van der Waals surface area contributed by atoms with Crippen LogP contribution < -0.4 is 5.32 Å². The van der Waals surface area contributed by atoms with Gasteiger partial charge in [0.05, 0.1) is 18.8 Å². The Hall–Kier alpha value is -1.91. The van der Waals surface area contributed by atoms with Crippen molar-refractivity contribution in [3.05, 3.63) is 29.6 Å². The molecule has 1 atom stereocenters. The summed E-state index contributed by atoms with van der Waals surface area (Å²) in [5, 5.41) is 2.67. The summed E-state index contributed by atoms with van der Waals surface area (Å²) in [5.74, 6) is 0.246. The fraction of sp³-hybridized carbons (Fsp3) is 0.533. The van der Waals surface area contributed by atoms with E-state index in [-0.39, 0.29) is 18.4 Å². The molecule has 1 aliphatic heterocycles. The molecule has 20 heavy (non-hydrogen) atoms. The first-order valence-electron chi connectivity index (χ1n) is 6.96. The zero-order valence-corrected chi connectivity index (χ0v) is 12.2. The summed E-state index contributed by atoms with van der Waals surface area (Å²) in [4.78, 5) is 30.1. The van der Waals surface area contributed by atoms with Crippen LogP contribution in [-0.4, -0.2) is 34.3 Å². The molecule has 2 amide bonds. The maximum atomic E-state index is 12.1. The predicted octanol–water partition coefficient (Wildman–Crippen LogP) is 1.26. The van der Waals surface area contributed by atoms with Crippen molar-refractivity contribution in [3.63, 3.8) is 0 Å². The normalized spacial score (nSPS) is 19.4. The van der Waals surface area contributed by atoms with Gasteiger partial charge in [-0.2, -0.15) is 0 Å². The van der Waals surface area contributed by atoms with Crippen LogP contribution in [0.3, 0.4) is 0 Å². The van der Waals surface area contributed by atoms with Crippen molar-refractivity contribution in [1.82, 2.24) is 15.2 Å². The van der Waals surface area contributed by atoms with Crippen molar-refractivity contribution < 1.29 is 9.59 Å². The molecule has 1 aromatic heterocycles. The first-order chi connectivity index (χ1) is 9.49. The van der Waals surface area contributed by atoms with Gasteiger partial charge in [0.2, 0.25) is 11.8 Å². The number of hydrogen-bond acceptors (Lipinski definition) is 3. The standard InChI is InChI=1S/C15H21N3O2/c1-10(2)7-13-15(20)17-8-14(19)18(13)9-12-11(3)5-4-6-16-12/h4-6,10,13H,7-9H2,1-3H3,(H,17,20). The van der Waals surface area contributed by atoms with Gasteiger partial charge >= 0.3 is 0 Å². The van der Waals surface area contributed by atoms with E-state index >= 15 is 0 Å². The monoisotopic (exact) mass is 275 g/mol. The molecule has 1 saturated heterocycles. The molecule has 0 aliphatic carbocycles. The molecule has 2 heterocycles. The van der Waals surface area contributed by atoms with Gasteiger partial charge in [-0.15, -0.1) is 0 Å². The number of carbonyl (C=O) groups excluding carboxylic acids is 2. The van der Waals surface area contributed by atoms with Crippen LogP contribution in [0.25, 0.3) is 0 Å². The average Bonchev–Trinajstić information content (AvgIpc) is 2.40. The van der Waals surface area contributed by atoms with Crippen molar-refractivity contribution in [2.24, 2.45) is 5.92 Å². The van der Waals surface area contributed by atoms with Crippen molar-refractivity contribution in [2.45, 2.75) is 39.8 Å². The number of carbonyl (C=O) groups is 2. The molecule has 1 aliphatic rings. The Kier molecular flexibility index (Phi) is 4.37. The Bertz CT molecular complexity index is 514. The van der Waals surface area contributed by atoms with Crippen molar-refractivity contribution in [2.75, 3.05) is 6.54 Å². The lowest BCUT2D eigenvalue weighted by molar-refractivity contribution is -0.147. The summed E-state index contributed by atoms with van der Waals surface area (Å²) in [7, 11) is 0. The van der Waals surface area contributed by atoms with Gasteiger partial charge in [0.25, 0.3) is 0 Å². The molecule has 0 aromatic carbocycles. The topological polar surface area (TPSA) is 62.3 Å². The second-order valence-electron chi connectivity index (χ2n) is 5.65. The Morgan fingerprint density at radius 1 is 1.45 bits per heavy atom. The number of rotatable bonds is 4. The third-order valence-electron chi connectivity index (χ3n) is 3.55. The Labute approximate surface area is 119 Å². The molecule has 5 nitrogen and oxygen atoms in total. The molecule has 1 fully saturated rings. The SMILES string of the molecule is Cc1cccnc1CN1C(=O)CNC(=O)C1CC(C)C. The molecule has 0 bridgehead atoms. The van der Waals surface area contributed by atoms with Crippen LogP contribution in [0.15, 0.2) is 18.3 Å². The van der Waals surface area contributed by atoms with Gasteiger partial charge in [-0.25, -0.2) is 0 Å². The molecule has 1 unspecified atom stereocenters. The van der Waals surface area contributed by atoms with E-state index in [1.807, 2.05) is 19.1 Å². The average molecular weight is 275 g/mol. The van der Waals surface area contributed by atoms with Crippen LogP contribution in [0.4, 0.5) is 0 Å². The van der Waals surface area contributed by atoms with E-state index in [1.165, 1.54) is 0 Å². The summed E-state index contributed by atoms with van der Waals surface area (Å²) in [6.07, 6.45) is 2.39. The Morgan fingerprint density at radius 2 is 2.20 bits per heavy atom. The molecule has 1 N–H and O–H groups in total. The van der Waals surface area contributed by atoms with Gasteiger partial charge in [-0.1, -0.05) is 19.9 Å². The van der Waals surface area contributed by atoms with Gasteiger partial charge in [0.1, 0.15) is 6.04 Å². The molecule has 0 spiro atoms. The number of aromatic nitrogens is 1. The molecule has 1 aromatic rings. The molecular formula is C15H21N3O2. The van der Waals surface area contributed by atoms with Crippen LogP contribution in [0.5, 0.6) is 0 Å². The summed E-state index contributed by atoms with van der Waals surface area (Å²) >= 11 is 0. The van der Waals surface area contributed by atoms with Gasteiger partial charge in [-0.3, -0.25) is 14.6 Å². The smallest absolute Gasteiger partial charge is 0.243 e. The van der Waals surface area contributed by atoms with E-state index < -0.39 is 6.04 Å². The minimum absolute atomic E-state index is 0.0414. The highest BCUT2D eigenvalue weighted by Gasteiger charge is 2.35. The number of hydrogen-bond donors (Lipinski definition) is 1. The van der Waals surface area contributed by atoms with Gasteiger partial charge in [0.15, 0.2) is 0 Å². The number of nitrogens with zero attached hydrogens (tertiary/aromatic N) is 2. The number of aryl methyl sites for hydroxylation is 1. The van der Waals surface area contributed by atoms with Crippen molar-refractivity contribution >= 4 is 11.8 Å². The highest BCUT2D eigenvalue weighted by atomic mass is 16.2. The molecule has 2 rings (SSSR count). The third kappa shape index (κ3) is 3.15. The van der Waals surface area contributed by atoms with Gasteiger partial charge < -0.3 is 10.2 Å². The van der Waals surface area contributed by atoms with Crippen LogP contribution in [0.2, 0.25) is 0 Å². The van der Waals surface area contributed by atoms with Crippen LogP contribution in [-0.2, 0) is 16.1 Å². The highest BCUT2D eigenvalue weighted by molar-refractivity contribution is 5.94. The summed E-state index contributed by atoms with van der Waals surface area (Å²) in [5.41, 5.74) is 1.89. The summed E-state index contributed by atoms with van der Waals surface area (Å²) in [6.45, 7) is 6.55. The van der Waals surface area contributed by atoms with Gasteiger partial charge in [0, 0.05) is 6.20 Å². The van der Waals surface area contributed by atoms with E-state index in [4.69, 9.17) is 0 Å². The zero-order valence-electron chi connectivity index (χ0n) is 12.2. The second-order valence-corrected chi connectivity index (χ2v) is 5.65. The fourth-order valence-corrected chi connectivity index (χ4v) is 2.42. The van der Waals surface area contributed by atoms with Crippen molar-refractivity contribution in [3.8, 4) is 0 Å². The number of pyridine rings is 1. The van der Waals surface area contributed by atoms with Crippen LogP contribution in [0.1, 0.15) is 31.5 Å². The Morgan fingerprint density at radius 3 is 2.85 bits per heavy atom. The fourth-order valence-electron chi connectivity index (χ4n) is 2.42. The van der Waals surface area contributed by atoms with Gasteiger partial charge in [-0.05, 0) is 30.9 Å².